The van der Waals surface area contributed by atoms with Gasteiger partial charge >= 0.3 is 0 Å². The molecule has 0 aliphatic rings. The minimum Gasteiger partial charge on any atom is -0.323 e. The van der Waals surface area contributed by atoms with Gasteiger partial charge in [0.1, 0.15) is 0 Å². The summed E-state index contributed by atoms with van der Waals surface area (Å²) in [5.41, 5.74) is -0.122. The van der Waals surface area contributed by atoms with Gasteiger partial charge in [0, 0.05) is 11.8 Å². The Hall–Kier alpha value is -3.16. The molecule has 0 aliphatic carbocycles. The fourth-order valence-electron chi connectivity index (χ4n) is 2.38. The SMILES string of the molecule is O=C(CCn1ncc(=O)c2ccccc21)Nc1ccc(F)c(F)c1F. The van der Waals surface area contributed by atoms with E-state index in [1.165, 1.54) is 4.68 Å². The van der Waals surface area contributed by atoms with Crippen LogP contribution in [0.5, 0.6) is 0 Å². The van der Waals surface area contributed by atoms with Gasteiger partial charge in [0.2, 0.25) is 11.3 Å². The van der Waals surface area contributed by atoms with E-state index in [2.05, 4.69) is 10.4 Å². The molecule has 1 aromatic heterocycles. The number of para-hydroxylation sites is 1. The minimum atomic E-state index is -1.65. The first kappa shape index (κ1) is 16.7. The van der Waals surface area contributed by atoms with Crippen LogP contribution < -0.4 is 10.7 Å². The second-order valence-corrected chi connectivity index (χ2v) is 5.27. The van der Waals surface area contributed by atoms with Gasteiger partial charge in [-0.2, -0.15) is 5.10 Å². The first-order valence-electron chi connectivity index (χ1n) is 7.35. The zero-order valence-electron chi connectivity index (χ0n) is 12.8. The minimum absolute atomic E-state index is 0.0989. The number of fused-ring (bicyclic) bond motifs is 1. The van der Waals surface area contributed by atoms with Gasteiger partial charge in [0.05, 0.1) is 23.9 Å². The molecule has 3 rings (SSSR count). The Kier molecular flexibility index (Phi) is 4.51. The van der Waals surface area contributed by atoms with Crippen LogP contribution in [0.3, 0.4) is 0 Å². The predicted molar refractivity (Wildman–Crippen MR) is 85.6 cm³/mol. The lowest BCUT2D eigenvalue weighted by molar-refractivity contribution is -0.116. The van der Waals surface area contributed by atoms with Crippen LogP contribution in [0.2, 0.25) is 0 Å². The number of nitrogens with one attached hydrogen (secondary N) is 1. The highest BCUT2D eigenvalue weighted by atomic mass is 19.2. The fourth-order valence-corrected chi connectivity index (χ4v) is 2.38. The summed E-state index contributed by atoms with van der Waals surface area (Å²) in [6.07, 6.45) is 1.05. The first-order chi connectivity index (χ1) is 12.0. The van der Waals surface area contributed by atoms with Gasteiger partial charge in [0.25, 0.3) is 0 Å². The van der Waals surface area contributed by atoms with E-state index >= 15 is 0 Å². The Labute approximate surface area is 139 Å². The molecular formula is C17H12F3N3O2. The maximum atomic E-state index is 13.6. The van der Waals surface area contributed by atoms with Crippen molar-refractivity contribution in [3.05, 3.63) is 70.3 Å². The van der Waals surface area contributed by atoms with Crippen molar-refractivity contribution in [3.63, 3.8) is 0 Å². The topological polar surface area (TPSA) is 64.0 Å². The summed E-state index contributed by atoms with van der Waals surface area (Å²) in [6.45, 7) is 0.123. The Bertz CT molecular complexity index is 1020. The summed E-state index contributed by atoms with van der Waals surface area (Å²) in [7, 11) is 0. The second kappa shape index (κ2) is 6.76. The van der Waals surface area contributed by atoms with Crippen LogP contribution in [0.1, 0.15) is 6.42 Å². The monoisotopic (exact) mass is 347 g/mol. The molecular weight excluding hydrogens is 335 g/mol. The molecule has 0 bridgehead atoms. The molecule has 0 aliphatic heterocycles. The normalized spacial score (nSPS) is 10.8. The van der Waals surface area contributed by atoms with Crippen molar-refractivity contribution < 1.29 is 18.0 Å². The molecule has 0 atom stereocenters. The largest absolute Gasteiger partial charge is 0.323 e. The number of carbonyl (C=O) groups excluding carboxylic acids is 1. The average Bonchev–Trinajstić information content (AvgIpc) is 2.62. The molecule has 0 spiro atoms. The highest BCUT2D eigenvalue weighted by Crippen LogP contribution is 2.19. The van der Waals surface area contributed by atoms with Crippen LogP contribution in [0.15, 0.2) is 47.4 Å². The fraction of sp³-hybridized carbons (Fsp3) is 0.118. The van der Waals surface area contributed by atoms with Crippen molar-refractivity contribution in [2.24, 2.45) is 0 Å². The van der Waals surface area contributed by atoms with E-state index in [0.29, 0.717) is 10.9 Å². The molecule has 1 heterocycles. The maximum absolute atomic E-state index is 13.6. The second-order valence-electron chi connectivity index (χ2n) is 5.27. The van der Waals surface area contributed by atoms with Crippen molar-refractivity contribution in [2.75, 3.05) is 5.32 Å². The van der Waals surface area contributed by atoms with Gasteiger partial charge < -0.3 is 5.32 Å². The van der Waals surface area contributed by atoms with Crippen molar-refractivity contribution in [2.45, 2.75) is 13.0 Å². The zero-order chi connectivity index (χ0) is 18.0. The molecule has 128 valence electrons. The third-order valence-corrected chi connectivity index (χ3v) is 3.62. The number of aromatic nitrogens is 2. The molecule has 1 amide bonds. The number of hydrogen-bond donors (Lipinski definition) is 1. The van der Waals surface area contributed by atoms with Crippen LogP contribution in [-0.4, -0.2) is 15.7 Å². The van der Waals surface area contributed by atoms with Crippen LogP contribution in [0.4, 0.5) is 18.9 Å². The third-order valence-electron chi connectivity index (χ3n) is 3.62. The smallest absolute Gasteiger partial charge is 0.226 e. The molecule has 5 nitrogen and oxygen atoms in total. The van der Waals surface area contributed by atoms with Gasteiger partial charge in [-0.15, -0.1) is 0 Å². The predicted octanol–water partition coefficient (Wildman–Crippen LogP) is 2.84. The first-order valence-corrected chi connectivity index (χ1v) is 7.35. The molecule has 25 heavy (non-hydrogen) atoms. The van der Waals surface area contributed by atoms with Gasteiger partial charge in [-0.25, -0.2) is 13.2 Å². The Morgan fingerprint density at radius 3 is 2.64 bits per heavy atom. The summed E-state index contributed by atoms with van der Waals surface area (Å²) in [6, 6.07) is 8.45. The van der Waals surface area contributed by atoms with Gasteiger partial charge in [-0.05, 0) is 24.3 Å². The van der Waals surface area contributed by atoms with Gasteiger partial charge in [0.15, 0.2) is 17.5 Å². The van der Waals surface area contributed by atoms with Crippen molar-refractivity contribution in [3.8, 4) is 0 Å². The van der Waals surface area contributed by atoms with Gasteiger partial charge in [-0.1, -0.05) is 12.1 Å². The molecule has 0 unspecified atom stereocenters. The number of carbonyl (C=O) groups is 1. The number of halogens is 3. The molecule has 3 aromatic rings. The average molecular weight is 347 g/mol. The number of aryl methyl sites for hydroxylation is 1. The van der Waals surface area contributed by atoms with E-state index in [-0.39, 0.29) is 18.4 Å². The summed E-state index contributed by atoms with van der Waals surface area (Å²) in [5.74, 6) is -5.04. The Morgan fingerprint density at radius 2 is 1.84 bits per heavy atom. The lowest BCUT2D eigenvalue weighted by Crippen LogP contribution is -2.18. The molecule has 2 aromatic carbocycles. The van der Waals surface area contributed by atoms with Crippen molar-refractivity contribution in [1.82, 2.24) is 9.78 Å². The molecule has 0 fully saturated rings. The van der Waals surface area contributed by atoms with E-state index in [0.717, 1.165) is 18.3 Å². The van der Waals surface area contributed by atoms with Gasteiger partial charge in [-0.3, -0.25) is 14.3 Å². The van der Waals surface area contributed by atoms with E-state index in [4.69, 9.17) is 0 Å². The number of nitrogens with zero attached hydrogens (tertiary/aromatic N) is 2. The lowest BCUT2D eigenvalue weighted by atomic mass is 10.2. The van der Waals surface area contributed by atoms with Crippen LogP contribution in [-0.2, 0) is 11.3 Å². The zero-order valence-corrected chi connectivity index (χ0v) is 12.8. The molecule has 0 radical (unpaired) electrons. The number of benzene rings is 2. The molecule has 0 saturated heterocycles. The Balaban J connectivity index is 1.75. The van der Waals surface area contributed by atoms with Crippen LogP contribution in [0, 0.1) is 17.5 Å². The van der Waals surface area contributed by atoms with E-state index in [9.17, 15) is 22.8 Å². The number of rotatable bonds is 4. The lowest BCUT2D eigenvalue weighted by Gasteiger charge is -2.10. The summed E-state index contributed by atoms with van der Waals surface area (Å²) in [5, 5.41) is 6.62. The molecule has 0 saturated carbocycles. The van der Waals surface area contributed by atoms with Crippen LogP contribution >= 0.6 is 0 Å². The summed E-state index contributed by atoms with van der Waals surface area (Å²) < 4.78 is 41.1. The standard InChI is InChI=1S/C17H12F3N3O2/c18-11-5-6-12(17(20)16(11)19)22-15(25)7-8-23-13-4-2-1-3-10(13)14(24)9-21-23/h1-6,9H,7-8H2,(H,22,25). The molecule has 1 N–H and O–H groups in total. The summed E-state index contributed by atoms with van der Waals surface area (Å²) >= 11 is 0. The third kappa shape index (κ3) is 3.37. The number of anilines is 1. The van der Waals surface area contributed by atoms with E-state index in [1.807, 2.05) is 0 Å². The van der Waals surface area contributed by atoms with Crippen molar-refractivity contribution >= 4 is 22.5 Å². The van der Waals surface area contributed by atoms with E-state index < -0.39 is 29.0 Å². The summed E-state index contributed by atoms with van der Waals surface area (Å²) in [4.78, 5) is 23.7. The highest BCUT2D eigenvalue weighted by Gasteiger charge is 2.15. The number of amides is 1. The van der Waals surface area contributed by atoms with Crippen molar-refractivity contribution in [1.29, 1.82) is 0 Å². The highest BCUT2D eigenvalue weighted by molar-refractivity contribution is 5.90. The molecule has 8 heteroatoms. The Morgan fingerprint density at radius 1 is 1.08 bits per heavy atom. The number of hydrogen-bond acceptors (Lipinski definition) is 3. The maximum Gasteiger partial charge on any atom is 0.226 e. The quantitative estimate of drug-likeness (QED) is 0.738. The van der Waals surface area contributed by atoms with Crippen LogP contribution in [0.25, 0.3) is 10.9 Å². The van der Waals surface area contributed by atoms with E-state index in [1.54, 1.807) is 24.3 Å².